The smallest absolute Gasteiger partial charge is 0.269 e. The minimum Gasteiger partial charge on any atom is -0.352 e. The molecule has 2 aromatic carbocycles. The summed E-state index contributed by atoms with van der Waals surface area (Å²) in [6.45, 7) is 4.13. The van der Waals surface area contributed by atoms with E-state index in [9.17, 15) is 19.7 Å². The van der Waals surface area contributed by atoms with Gasteiger partial charge < -0.3 is 10.6 Å². The van der Waals surface area contributed by atoms with Crippen molar-refractivity contribution in [3.8, 4) is 0 Å². The number of hydrogen-bond acceptors (Lipinski definition) is 4. The monoisotopic (exact) mass is 355 g/mol. The van der Waals surface area contributed by atoms with Gasteiger partial charge in [0.1, 0.15) is 0 Å². The highest BCUT2D eigenvalue weighted by Crippen LogP contribution is 2.21. The zero-order valence-electron chi connectivity index (χ0n) is 14.7. The van der Waals surface area contributed by atoms with Gasteiger partial charge in [0, 0.05) is 36.3 Å². The van der Waals surface area contributed by atoms with E-state index in [4.69, 9.17) is 0 Å². The summed E-state index contributed by atoms with van der Waals surface area (Å²) in [6.07, 6.45) is 0.949. The number of nitro benzene ring substituents is 1. The Morgan fingerprint density at radius 1 is 1.12 bits per heavy atom. The Kier molecular flexibility index (Phi) is 6.43. The maximum absolute atomic E-state index is 12.1. The van der Waals surface area contributed by atoms with Crippen LogP contribution in [-0.2, 0) is 11.2 Å². The summed E-state index contributed by atoms with van der Waals surface area (Å²) in [5.41, 5.74) is 3.11. The number of benzene rings is 2. The van der Waals surface area contributed by atoms with Gasteiger partial charge in [-0.25, -0.2) is 0 Å². The van der Waals surface area contributed by atoms with Gasteiger partial charge in [-0.2, -0.15) is 0 Å². The molecule has 0 unspecified atom stereocenters. The zero-order valence-corrected chi connectivity index (χ0v) is 14.7. The average molecular weight is 355 g/mol. The van der Waals surface area contributed by atoms with Crippen LogP contribution in [0.4, 0.5) is 11.4 Å². The number of para-hydroxylation sites is 1. The van der Waals surface area contributed by atoms with E-state index in [-0.39, 0.29) is 30.5 Å². The van der Waals surface area contributed by atoms with Crippen LogP contribution in [0.1, 0.15) is 34.8 Å². The van der Waals surface area contributed by atoms with Crippen LogP contribution in [0, 0.1) is 17.0 Å². The molecule has 2 rings (SSSR count). The number of rotatable bonds is 7. The standard InChI is InChI=1S/C19H21N3O4/c1-3-14-6-4-5-13(2)18(14)21-17(23)11-12-20-19(24)15-7-9-16(10-8-15)22(25)26/h4-10H,3,11-12H2,1-2H3,(H,20,24)(H,21,23). The Bertz CT molecular complexity index is 816. The first kappa shape index (κ1) is 19.1. The van der Waals surface area contributed by atoms with E-state index in [2.05, 4.69) is 10.6 Å². The number of anilines is 1. The van der Waals surface area contributed by atoms with Gasteiger partial charge in [-0.1, -0.05) is 25.1 Å². The summed E-state index contributed by atoms with van der Waals surface area (Å²) >= 11 is 0. The number of nitrogens with zero attached hydrogens (tertiary/aromatic N) is 1. The second-order valence-electron chi connectivity index (χ2n) is 5.82. The van der Waals surface area contributed by atoms with Gasteiger partial charge in [0.05, 0.1) is 4.92 Å². The molecule has 0 saturated carbocycles. The Hall–Kier alpha value is -3.22. The third-order valence-electron chi connectivity index (χ3n) is 3.98. The topological polar surface area (TPSA) is 101 Å². The normalized spacial score (nSPS) is 10.2. The molecule has 7 heteroatoms. The van der Waals surface area contributed by atoms with E-state index < -0.39 is 4.92 Å². The summed E-state index contributed by atoms with van der Waals surface area (Å²) in [4.78, 5) is 34.2. The largest absolute Gasteiger partial charge is 0.352 e. The second kappa shape index (κ2) is 8.75. The molecule has 0 heterocycles. The van der Waals surface area contributed by atoms with E-state index in [0.29, 0.717) is 5.56 Å². The summed E-state index contributed by atoms with van der Waals surface area (Å²) in [5, 5.41) is 16.1. The maximum Gasteiger partial charge on any atom is 0.269 e. The second-order valence-corrected chi connectivity index (χ2v) is 5.82. The quantitative estimate of drug-likeness (QED) is 0.588. The van der Waals surface area contributed by atoms with Crippen molar-refractivity contribution in [2.75, 3.05) is 11.9 Å². The van der Waals surface area contributed by atoms with Crippen molar-refractivity contribution in [2.45, 2.75) is 26.7 Å². The van der Waals surface area contributed by atoms with E-state index in [1.165, 1.54) is 24.3 Å². The summed E-state index contributed by atoms with van der Waals surface area (Å²) < 4.78 is 0. The number of amides is 2. The fourth-order valence-electron chi connectivity index (χ4n) is 2.53. The van der Waals surface area contributed by atoms with Crippen molar-refractivity contribution in [1.29, 1.82) is 0 Å². The number of nitro groups is 1. The zero-order chi connectivity index (χ0) is 19.1. The molecule has 0 spiro atoms. The van der Waals surface area contributed by atoms with Crippen molar-refractivity contribution in [1.82, 2.24) is 5.32 Å². The average Bonchev–Trinajstić information content (AvgIpc) is 2.63. The lowest BCUT2D eigenvalue weighted by molar-refractivity contribution is -0.384. The van der Waals surface area contributed by atoms with Crippen LogP contribution in [0.25, 0.3) is 0 Å². The van der Waals surface area contributed by atoms with Gasteiger partial charge in [-0.15, -0.1) is 0 Å². The lowest BCUT2D eigenvalue weighted by Gasteiger charge is -2.13. The number of aryl methyl sites for hydroxylation is 2. The maximum atomic E-state index is 12.1. The van der Waals surface area contributed by atoms with Crippen molar-refractivity contribution < 1.29 is 14.5 Å². The fraction of sp³-hybridized carbons (Fsp3) is 0.263. The SMILES string of the molecule is CCc1cccc(C)c1NC(=O)CCNC(=O)c1ccc([N+](=O)[O-])cc1. The highest BCUT2D eigenvalue weighted by atomic mass is 16.6. The van der Waals surface area contributed by atoms with E-state index in [0.717, 1.165) is 23.2 Å². The van der Waals surface area contributed by atoms with Gasteiger partial charge in [-0.05, 0) is 36.6 Å². The summed E-state index contributed by atoms with van der Waals surface area (Å²) in [6, 6.07) is 11.2. The Morgan fingerprint density at radius 3 is 2.42 bits per heavy atom. The number of hydrogen-bond donors (Lipinski definition) is 2. The van der Waals surface area contributed by atoms with Gasteiger partial charge in [-0.3, -0.25) is 19.7 Å². The van der Waals surface area contributed by atoms with Gasteiger partial charge in [0.2, 0.25) is 5.91 Å². The summed E-state index contributed by atoms with van der Waals surface area (Å²) in [5.74, 6) is -0.559. The first-order valence-electron chi connectivity index (χ1n) is 8.33. The predicted molar refractivity (Wildman–Crippen MR) is 99.2 cm³/mol. The molecule has 0 fully saturated rings. The van der Waals surface area contributed by atoms with Crippen LogP contribution in [0.2, 0.25) is 0 Å². The van der Waals surface area contributed by atoms with Crippen LogP contribution in [-0.4, -0.2) is 23.3 Å². The van der Waals surface area contributed by atoms with E-state index >= 15 is 0 Å². The minimum absolute atomic E-state index is 0.0779. The molecule has 2 aromatic rings. The molecule has 2 amide bonds. The number of carbonyl (C=O) groups excluding carboxylic acids is 2. The lowest BCUT2D eigenvalue weighted by atomic mass is 10.1. The Morgan fingerprint density at radius 2 is 1.81 bits per heavy atom. The molecule has 0 aliphatic heterocycles. The molecular weight excluding hydrogens is 334 g/mol. The Labute approximate surface area is 151 Å². The molecule has 0 aromatic heterocycles. The highest BCUT2D eigenvalue weighted by Gasteiger charge is 2.11. The molecule has 2 N–H and O–H groups in total. The van der Waals surface area contributed by atoms with E-state index in [1.807, 2.05) is 32.0 Å². The molecule has 7 nitrogen and oxygen atoms in total. The summed E-state index contributed by atoms with van der Waals surface area (Å²) in [7, 11) is 0. The van der Waals surface area contributed by atoms with Gasteiger partial charge in [0.25, 0.3) is 11.6 Å². The van der Waals surface area contributed by atoms with E-state index in [1.54, 1.807) is 0 Å². The van der Waals surface area contributed by atoms with Crippen LogP contribution in [0.15, 0.2) is 42.5 Å². The van der Waals surface area contributed by atoms with Crippen LogP contribution in [0.5, 0.6) is 0 Å². The molecule has 0 saturated heterocycles. The molecule has 0 radical (unpaired) electrons. The lowest BCUT2D eigenvalue weighted by Crippen LogP contribution is -2.27. The van der Waals surface area contributed by atoms with Crippen LogP contribution in [0.3, 0.4) is 0 Å². The predicted octanol–water partition coefficient (Wildman–Crippen LogP) is 3.22. The molecular formula is C19H21N3O4. The minimum atomic E-state index is -0.526. The van der Waals surface area contributed by atoms with Crippen molar-refractivity contribution in [3.63, 3.8) is 0 Å². The number of non-ortho nitro benzene ring substituents is 1. The molecule has 0 atom stereocenters. The van der Waals surface area contributed by atoms with Crippen LogP contribution < -0.4 is 10.6 Å². The number of carbonyl (C=O) groups is 2. The van der Waals surface area contributed by atoms with Gasteiger partial charge >= 0.3 is 0 Å². The first-order chi connectivity index (χ1) is 12.4. The third kappa shape index (κ3) is 4.89. The van der Waals surface area contributed by atoms with Crippen molar-refractivity contribution >= 4 is 23.2 Å². The van der Waals surface area contributed by atoms with Crippen LogP contribution >= 0.6 is 0 Å². The molecule has 0 aliphatic rings. The number of nitrogens with one attached hydrogen (secondary N) is 2. The Balaban J connectivity index is 1.86. The fourth-order valence-corrected chi connectivity index (χ4v) is 2.53. The molecule has 26 heavy (non-hydrogen) atoms. The molecule has 0 bridgehead atoms. The van der Waals surface area contributed by atoms with Crippen molar-refractivity contribution in [2.24, 2.45) is 0 Å². The molecule has 136 valence electrons. The third-order valence-corrected chi connectivity index (χ3v) is 3.98. The first-order valence-corrected chi connectivity index (χ1v) is 8.33. The highest BCUT2D eigenvalue weighted by molar-refractivity contribution is 5.95. The van der Waals surface area contributed by atoms with Gasteiger partial charge in [0.15, 0.2) is 0 Å². The molecule has 0 aliphatic carbocycles. The van der Waals surface area contributed by atoms with Crippen molar-refractivity contribution in [3.05, 3.63) is 69.3 Å².